The molecule has 22 heteroatoms. The van der Waals surface area contributed by atoms with Crippen molar-refractivity contribution < 1.29 is 71.5 Å². The number of carbonyl (C=O) groups is 1. The molecule has 43 heavy (non-hydrogen) atoms. The van der Waals surface area contributed by atoms with E-state index in [-0.39, 0.29) is 22.5 Å². The van der Waals surface area contributed by atoms with E-state index in [9.17, 15) is 44.1 Å². The summed E-state index contributed by atoms with van der Waals surface area (Å²) >= 11 is 0. The lowest BCUT2D eigenvalue weighted by molar-refractivity contribution is -0.765. The average molecular weight is 649 g/mol. The molecule has 0 amide bonds. The van der Waals surface area contributed by atoms with Gasteiger partial charge in [-0.25, -0.2) is 24.1 Å². The Morgan fingerprint density at radius 1 is 0.977 bits per heavy atom. The molecule has 3 aromatic rings. The molecule has 0 saturated carbocycles. The van der Waals surface area contributed by atoms with Gasteiger partial charge < -0.3 is 45.4 Å². The monoisotopic (exact) mass is 649 g/mol. The van der Waals surface area contributed by atoms with Crippen LogP contribution in [0.4, 0.5) is 5.82 Å². The number of nitrogens with two attached hydrogens (primary N) is 1. The topological polar surface area (TPSA) is 292 Å². The quantitative estimate of drug-likeness (QED) is 0.0652. The van der Waals surface area contributed by atoms with Gasteiger partial charge >= 0.3 is 15.6 Å². The summed E-state index contributed by atoms with van der Waals surface area (Å²) < 4.78 is 52.0. The molecule has 2 aliphatic heterocycles. The lowest BCUT2D eigenvalue weighted by Gasteiger charge is -2.20. The number of pyridine rings is 1. The van der Waals surface area contributed by atoms with Gasteiger partial charge in [-0.2, -0.15) is 8.88 Å². The molecule has 2 fully saturated rings. The Balaban J connectivity index is 1.16. The highest BCUT2D eigenvalue weighted by Gasteiger charge is 2.50. The van der Waals surface area contributed by atoms with E-state index in [1.54, 1.807) is 0 Å². The summed E-state index contributed by atoms with van der Waals surface area (Å²) in [7, 11) is -10.7. The van der Waals surface area contributed by atoms with E-state index in [1.165, 1.54) is 40.0 Å². The molecule has 5 heterocycles. The number of hydrogen-bond acceptors (Lipinski definition) is 16. The van der Waals surface area contributed by atoms with Crippen molar-refractivity contribution in [2.45, 2.75) is 49.1 Å². The lowest BCUT2D eigenvalue weighted by atomic mass is 10.1. The Hall–Kier alpha value is -2.81. The number of nitrogen functional groups attached to an aromatic ring is 1. The first kappa shape index (κ1) is 31.6. The van der Waals surface area contributed by atoms with Crippen molar-refractivity contribution in [3.05, 3.63) is 42.7 Å². The number of fused-ring (bicyclic) bond motifs is 1. The number of ether oxygens (including phenoxy) is 2. The lowest BCUT2D eigenvalue weighted by Crippen LogP contribution is -2.46. The Morgan fingerprint density at radius 3 is 2.30 bits per heavy atom. The van der Waals surface area contributed by atoms with Gasteiger partial charge in [0, 0.05) is 6.07 Å². The Labute approximate surface area is 241 Å². The van der Waals surface area contributed by atoms with Gasteiger partial charge in [-0.3, -0.25) is 18.4 Å². The number of phosphoric ester groups is 2. The number of carbonyl (C=O) groups excluding carboxylic acids is 1. The van der Waals surface area contributed by atoms with Crippen LogP contribution in [0, 0.1) is 0 Å². The van der Waals surface area contributed by atoms with Crippen molar-refractivity contribution in [2.75, 3.05) is 18.9 Å². The SMILES string of the molecule is Nc1ncnc2c1ncn2[C@@H]1O[C@H](COP(=O)(O)OP(=O)(O)OC[C@H]2OC([n+]3cccc(C=O)c3)[C@H](O)[C@@H]2O)C(O)[C@H]1O. The van der Waals surface area contributed by atoms with E-state index < -0.39 is 77.9 Å². The minimum atomic E-state index is -5.35. The predicted octanol–water partition coefficient (Wildman–Crippen LogP) is -2.30. The van der Waals surface area contributed by atoms with Crippen molar-refractivity contribution in [3.8, 4) is 0 Å². The van der Waals surface area contributed by atoms with Gasteiger partial charge in [0.15, 0.2) is 42.5 Å². The summed E-state index contributed by atoms with van der Waals surface area (Å²) in [6, 6.07) is 2.98. The first-order valence-corrected chi connectivity index (χ1v) is 15.4. The van der Waals surface area contributed by atoms with E-state index in [2.05, 4.69) is 23.8 Å². The van der Waals surface area contributed by atoms with Crippen LogP contribution in [0.1, 0.15) is 22.8 Å². The molecule has 8 N–H and O–H groups in total. The molecule has 0 aromatic carbocycles. The van der Waals surface area contributed by atoms with Gasteiger partial charge in [0.05, 0.1) is 25.1 Å². The number of aliphatic hydroxyl groups is 4. The number of nitrogens with zero attached hydrogens (tertiary/aromatic N) is 5. The summed E-state index contributed by atoms with van der Waals surface area (Å²) in [6.07, 6.45) is -5.95. The molecule has 20 nitrogen and oxygen atoms in total. The van der Waals surface area contributed by atoms with Gasteiger partial charge in [-0.1, -0.05) is 0 Å². The van der Waals surface area contributed by atoms with Crippen molar-refractivity contribution in [1.29, 1.82) is 0 Å². The van der Waals surface area contributed by atoms with E-state index in [1.807, 2.05) is 0 Å². The summed E-state index contributed by atoms with van der Waals surface area (Å²) in [5.41, 5.74) is 6.36. The molecule has 0 radical (unpaired) electrons. The highest BCUT2D eigenvalue weighted by Crippen LogP contribution is 2.60. The molecule has 2 saturated heterocycles. The zero-order valence-electron chi connectivity index (χ0n) is 21.7. The number of imidazole rings is 1. The molecule has 234 valence electrons. The fourth-order valence-corrected chi connectivity index (χ4v) is 6.61. The number of aliphatic hydroxyl groups excluding tert-OH is 4. The second-order valence-electron chi connectivity index (χ2n) is 9.49. The zero-order valence-corrected chi connectivity index (χ0v) is 23.5. The predicted molar refractivity (Wildman–Crippen MR) is 136 cm³/mol. The van der Waals surface area contributed by atoms with Crippen molar-refractivity contribution in [1.82, 2.24) is 19.5 Å². The van der Waals surface area contributed by atoms with Crippen LogP contribution < -0.4 is 10.3 Å². The fraction of sp³-hybridized carbons (Fsp3) is 0.476. The van der Waals surface area contributed by atoms with E-state index in [4.69, 9.17) is 19.7 Å². The van der Waals surface area contributed by atoms with Crippen molar-refractivity contribution >= 4 is 38.9 Å². The summed E-state index contributed by atoms with van der Waals surface area (Å²) in [5.74, 6) is 0.0546. The molecule has 3 aromatic heterocycles. The normalized spacial score (nSPS) is 32.0. The van der Waals surface area contributed by atoms with E-state index in [0.717, 1.165) is 6.33 Å². The molecule has 10 atom stereocenters. The third-order valence-electron chi connectivity index (χ3n) is 6.62. The van der Waals surface area contributed by atoms with E-state index >= 15 is 0 Å². The zero-order chi connectivity index (χ0) is 31.1. The molecule has 4 unspecified atom stereocenters. The van der Waals surface area contributed by atoms with Crippen LogP contribution in [-0.4, -0.2) is 106 Å². The van der Waals surface area contributed by atoms with Crippen LogP contribution in [0.3, 0.4) is 0 Å². The minimum absolute atomic E-state index is 0.0546. The van der Waals surface area contributed by atoms with Gasteiger partial charge in [0.2, 0.25) is 0 Å². The molecule has 0 spiro atoms. The number of aldehydes is 1. The fourth-order valence-electron chi connectivity index (χ4n) is 4.52. The highest BCUT2D eigenvalue weighted by molar-refractivity contribution is 7.61. The maximum absolute atomic E-state index is 12.4. The molecule has 5 rings (SSSR count). The van der Waals surface area contributed by atoms with Crippen LogP contribution in [0.15, 0.2) is 37.2 Å². The van der Waals surface area contributed by atoms with Crippen LogP contribution in [0.25, 0.3) is 11.2 Å². The Bertz CT molecular complexity index is 1580. The molecular weight excluding hydrogens is 622 g/mol. The largest absolute Gasteiger partial charge is 0.481 e. The molecule has 2 aliphatic rings. The number of hydrogen-bond donors (Lipinski definition) is 7. The Morgan fingerprint density at radius 2 is 1.63 bits per heavy atom. The third kappa shape index (κ3) is 6.66. The first-order chi connectivity index (χ1) is 20.3. The van der Waals surface area contributed by atoms with Gasteiger partial charge in [0.1, 0.15) is 42.4 Å². The van der Waals surface area contributed by atoms with Crippen molar-refractivity contribution in [3.63, 3.8) is 0 Å². The first-order valence-electron chi connectivity index (χ1n) is 12.4. The van der Waals surface area contributed by atoms with Gasteiger partial charge in [0.25, 0.3) is 6.23 Å². The van der Waals surface area contributed by atoms with Crippen LogP contribution in [-0.2, 0) is 32.0 Å². The van der Waals surface area contributed by atoms with E-state index in [0.29, 0.717) is 6.29 Å². The number of anilines is 1. The standard InChI is InChI=1S/C21H26N6O14P2/c22-18-13-19(24-8-23-18)27(9-25-13)21-17(32)15(30)12(40-21)7-38-43(35,36)41-42(33,34)37-6-11-14(29)16(31)20(39-11)26-3-1-2-10(4-26)5-28/h1-5,8-9,11-12,14-17,20-21,29-32H,6-7H2,(H3-,22,23,24,33,34,35,36)/p+1/t11-,12-,14-,15?,16-,17-,20?,21-/m1/s1. The van der Waals surface area contributed by atoms with Crippen LogP contribution in [0.2, 0.25) is 0 Å². The maximum atomic E-state index is 12.4. The van der Waals surface area contributed by atoms with Gasteiger partial charge in [-0.15, -0.1) is 0 Å². The van der Waals surface area contributed by atoms with Crippen molar-refractivity contribution in [2.24, 2.45) is 0 Å². The minimum Gasteiger partial charge on any atom is -0.387 e. The Kier molecular flexibility index (Phi) is 9.04. The summed E-state index contributed by atoms with van der Waals surface area (Å²) in [5, 5.41) is 41.5. The highest BCUT2D eigenvalue weighted by atomic mass is 31.3. The third-order valence-corrected chi connectivity index (χ3v) is 9.22. The number of aromatic nitrogens is 5. The van der Waals surface area contributed by atoms with Crippen LogP contribution >= 0.6 is 15.6 Å². The smallest absolute Gasteiger partial charge is 0.387 e. The van der Waals surface area contributed by atoms with Gasteiger partial charge in [-0.05, 0) is 6.07 Å². The number of phosphoric acid groups is 2. The maximum Gasteiger partial charge on any atom is 0.481 e. The second kappa shape index (κ2) is 12.3. The molecule has 0 aliphatic carbocycles. The molecular formula is C21H27N6O14P2+. The average Bonchev–Trinajstić information content (AvgIpc) is 3.61. The summed E-state index contributed by atoms with van der Waals surface area (Å²) in [4.78, 5) is 42.9. The van der Waals surface area contributed by atoms with Crippen LogP contribution in [0.5, 0.6) is 0 Å². The number of rotatable bonds is 11. The molecule has 0 bridgehead atoms. The second-order valence-corrected chi connectivity index (χ2v) is 12.5. The summed E-state index contributed by atoms with van der Waals surface area (Å²) in [6.45, 7) is -1.76.